The molecule has 2 aliphatic heterocycles. The van der Waals surface area contributed by atoms with Crippen LogP contribution in [0.15, 0.2) is 30.5 Å². The maximum Gasteiger partial charge on any atom is 0.238 e. The number of nitrogens with zero attached hydrogens (tertiary/aromatic N) is 3. The molecule has 0 spiro atoms. The lowest BCUT2D eigenvalue weighted by Crippen LogP contribution is -2.56. The minimum atomic E-state index is -0.394. The van der Waals surface area contributed by atoms with Crippen molar-refractivity contribution in [3.8, 4) is 5.75 Å². The van der Waals surface area contributed by atoms with Gasteiger partial charge in [0.05, 0.1) is 30.6 Å². The predicted molar refractivity (Wildman–Crippen MR) is 127 cm³/mol. The Labute approximate surface area is 195 Å². The smallest absolute Gasteiger partial charge is 0.238 e. The molecule has 2 fully saturated rings. The van der Waals surface area contributed by atoms with Crippen molar-refractivity contribution in [3.63, 3.8) is 0 Å². The van der Waals surface area contributed by atoms with Gasteiger partial charge in [-0.3, -0.25) is 19.2 Å². The maximum atomic E-state index is 13.2. The van der Waals surface area contributed by atoms with Gasteiger partial charge in [-0.15, -0.1) is 0 Å². The Hall–Kier alpha value is -2.87. The van der Waals surface area contributed by atoms with Crippen LogP contribution < -0.4 is 15.4 Å². The topological polar surface area (TPSA) is 88.5 Å². The van der Waals surface area contributed by atoms with Gasteiger partial charge in [0, 0.05) is 31.2 Å². The van der Waals surface area contributed by atoms with Crippen LogP contribution in [0.5, 0.6) is 5.75 Å². The standard InChI is InChI=1S/C25H35N5O3/c1-5-29-15-20(17(2)28-29)26-24(32)16-30-21(18-9-8-10-19(13-18)33-4)14-25(3)22(30)11-6-7-12-23(31)27-25/h8-10,13,15,21-22H,5-7,11-12,14,16H2,1-4H3,(H,26,32)(H,27,31)/t21-,22-,25-/m0/s1. The van der Waals surface area contributed by atoms with E-state index in [0.717, 1.165) is 54.9 Å². The van der Waals surface area contributed by atoms with Crippen LogP contribution >= 0.6 is 0 Å². The Bertz CT molecular complexity index is 1020. The van der Waals surface area contributed by atoms with Crippen LogP contribution in [-0.2, 0) is 16.1 Å². The first-order chi connectivity index (χ1) is 15.8. The first kappa shape index (κ1) is 23.3. The minimum Gasteiger partial charge on any atom is -0.497 e. The van der Waals surface area contributed by atoms with Crippen molar-refractivity contribution in [2.75, 3.05) is 19.0 Å². The largest absolute Gasteiger partial charge is 0.497 e. The number of carbonyl (C=O) groups is 2. The molecule has 0 aliphatic carbocycles. The van der Waals surface area contributed by atoms with Gasteiger partial charge in [-0.1, -0.05) is 18.6 Å². The number of fused-ring (bicyclic) bond motifs is 1. The Morgan fingerprint density at radius 1 is 1.36 bits per heavy atom. The molecule has 2 aliphatic rings. The third-order valence-electron chi connectivity index (χ3n) is 7.06. The van der Waals surface area contributed by atoms with Gasteiger partial charge in [0.2, 0.25) is 11.8 Å². The fourth-order valence-electron chi connectivity index (χ4n) is 5.40. The highest BCUT2D eigenvalue weighted by Crippen LogP contribution is 2.45. The van der Waals surface area contributed by atoms with E-state index >= 15 is 0 Å². The van der Waals surface area contributed by atoms with Gasteiger partial charge in [0.15, 0.2) is 0 Å². The summed E-state index contributed by atoms with van der Waals surface area (Å²) in [6.07, 6.45) is 5.97. The van der Waals surface area contributed by atoms with Crippen LogP contribution in [0.1, 0.15) is 63.3 Å². The predicted octanol–water partition coefficient (Wildman–Crippen LogP) is 3.42. The second-order valence-electron chi connectivity index (χ2n) is 9.43. The van der Waals surface area contributed by atoms with Gasteiger partial charge in [-0.2, -0.15) is 5.10 Å². The highest BCUT2D eigenvalue weighted by molar-refractivity contribution is 5.92. The molecule has 3 heterocycles. The number of ether oxygens (including phenoxy) is 1. The molecule has 2 saturated heterocycles. The van der Waals surface area contributed by atoms with E-state index in [1.54, 1.807) is 7.11 Å². The zero-order valence-corrected chi connectivity index (χ0v) is 20.1. The molecule has 8 heteroatoms. The van der Waals surface area contributed by atoms with Gasteiger partial charge >= 0.3 is 0 Å². The van der Waals surface area contributed by atoms with E-state index < -0.39 is 5.54 Å². The number of hydrogen-bond acceptors (Lipinski definition) is 5. The van der Waals surface area contributed by atoms with Gasteiger partial charge in [-0.05, 0) is 57.7 Å². The van der Waals surface area contributed by atoms with E-state index in [0.29, 0.717) is 6.42 Å². The lowest BCUT2D eigenvalue weighted by atomic mass is 9.85. The van der Waals surface area contributed by atoms with Crippen LogP contribution in [0.4, 0.5) is 5.69 Å². The summed E-state index contributed by atoms with van der Waals surface area (Å²) >= 11 is 0. The van der Waals surface area contributed by atoms with E-state index in [1.165, 1.54) is 0 Å². The molecule has 2 N–H and O–H groups in total. The van der Waals surface area contributed by atoms with E-state index in [4.69, 9.17) is 4.74 Å². The average Bonchev–Trinajstić information content (AvgIpc) is 3.26. The molecule has 4 rings (SSSR count). The normalized spacial score (nSPS) is 25.6. The van der Waals surface area contributed by atoms with E-state index in [1.807, 2.05) is 42.9 Å². The zero-order chi connectivity index (χ0) is 23.6. The second-order valence-corrected chi connectivity index (χ2v) is 9.43. The lowest BCUT2D eigenvalue weighted by Gasteiger charge is -2.38. The summed E-state index contributed by atoms with van der Waals surface area (Å²) in [4.78, 5) is 28.0. The SMILES string of the molecule is CCn1cc(NC(=O)CN2[C@H]3CCCCC(=O)N[C@@]3(C)C[C@H]2c2cccc(OC)c2)c(C)n1. The van der Waals surface area contributed by atoms with Crippen molar-refractivity contribution in [3.05, 3.63) is 41.7 Å². The first-order valence-electron chi connectivity index (χ1n) is 11.9. The molecule has 0 unspecified atom stereocenters. The Balaban J connectivity index is 1.63. The summed E-state index contributed by atoms with van der Waals surface area (Å²) in [6, 6.07) is 8.10. The van der Waals surface area contributed by atoms with Crippen molar-refractivity contribution in [2.45, 2.75) is 77.0 Å². The summed E-state index contributed by atoms with van der Waals surface area (Å²) in [5.74, 6) is 0.817. The van der Waals surface area contributed by atoms with Gasteiger partial charge < -0.3 is 15.4 Å². The highest BCUT2D eigenvalue weighted by atomic mass is 16.5. The molecule has 0 bridgehead atoms. The number of rotatable bonds is 6. The van der Waals surface area contributed by atoms with Gasteiger partial charge in [0.1, 0.15) is 5.75 Å². The molecule has 0 saturated carbocycles. The summed E-state index contributed by atoms with van der Waals surface area (Å²) < 4.78 is 7.28. The Kier molecular flexibility index (Phi) is 6.74. The van der Waals surface area contributed by atoms with E-state index in [2.05, 4.69) is 33.6 Å². The van der Waals surface area contributed by atoms with Crippen molar-refractivity contribution in [1.82, 2.24) is 20.0 Å². The van der Waals surface area contributed by atoms with Crippen molar-refractivity contribution in [2.24, 2.45) is 0 Å². The first-order valence-corrected chi connectivity index (χ1v) is 11.9. The van der Waals surface area contributed by atoms with Crippen molar-refractivity contribution in [1.29, 1.82) is 0 Å². The molecular formula is C25H35N5O3. The summed E-state index contributed by atoms with van der Waals surface area (Å²) in [5.41, 5.74) is 2.25. The molecule has 8 nitrogen and oxygen atoms in total. The van der Waals surface area contributed by atoms with Crippen LogP contribution in [0, 0.1) is 6.92 Å². The second kappa shape index (κ2) is 9.55. The molecule has 178 valence electrons. The number of anilines is 1. The number of amides is 2. The monoisotopic (exact) mass is 453 g/mol. The number of aryl methyl sites for hydroxylation is 2. The van der Waals surface area contributed by atoms with E-state index in [-0.39, 0.29) is 30.4 Å². The van der Waals surface area contributed by atoms with Gasteiger partial charge in [0.25, 0.3) is 0 Å². The fourth-order valence-corrected chi connectivity index (χ4v) is 5.40. The van der Waals surface area contributed by atoms with Gasteiger partial charge in [-0.25, -0.2) is 0 Å². The Morgan fingerprint density at radius 3 is 2.91 bits per heavy atom. The number of benzene rings is 1. The number of methoxy groups -OCH3 is 1. The number of aromatic nitrogens is 2. The molecular weight excluding hydrogens is 418 g/mol. The van der Waals surface area contributed by atoms with Crippen LogP contribution in [-0.4, -0.2) is 51.7 Å². The molecule has 0 radical (unpaired) electrons. The van der Waals surface area contributed by atoms with E-state index in [9.17, 15) is 9.59 Å². The van der Waals surface area contributed by atoms with Crippen LogP contribution in [0.25, 0.3) is 0 Å². The molecule has 1 aromatic carbocycles. The molecule has 2 amide bonds. The number of nitrogens with one attached hydrogen (secondary N) is 2. The molecule has 33 heavy (non-hydrogen) atoms. The zero-order valence-electron chi connectivity index (χ0n) is 20.1. The van der Waals surface area contributed by atoms with Crippen LogP contribution in [0.2, 0.25) is 0 Å². The maximum absolute atomic E-state index is 13.2. The third kappa shape index (κ3) is 4.90. The highest BCUT2D eigenvalue weighted by Gasteiger charge is 2.51. The average molecular weight is 454 g/mol. The number of carbonyl (C=O) groups excluding carboxylic acids is 2. The minimum absolute atomic E-state index is 0.00119. The summed E-state index contributed by atoms with van der Waals surface area (Å²) in [5, 5.41) is 10.8. The number of hydrogen-bond donors (Lipinski definition) is 2. The molecule has 1 aromatic heterocycles. The summed E-state index contributed by atoms with van der Waals surface area (Å²) in [6.45, 7) is 7.04. The number of likely N-dealkylation sites (tertiary alicyclic amines) is 1. The fraction of sp³-hybridized carbons (Fsp3) is 0.560. The quantitative estimate of drug-likeness (QED) is 0.700. The van der Waals surface area contributed by atoms with Crippen LogP contribution in [0.3, 0.4) is 0 Å². The molecule has 2 aromatic rings. The van der Waals surface area contributed by atoms with Crippen molar-refractivity contribution >= 4 is 17.5 Å². The van der Waals surface area contributed by atoms with Crippen molar-refractivity contribution < 1.29 is 14.3 Å². The third-order valence-corrected chi connectivity index (χ3v) is 7.06. The Morgan fingerprint density at radius 2 is 2.18 bits per heavy atom. The summed E-state index contributed by atoms with van der Waals surface area (Å²) in [7, 11) is 1.66. The molecule has 3 atom stereocenters. The lowest BCUT2D eigenvalue weighted by molar-refractivity contribution is -0.123.